The molecule has 1 aliphatic heterocycles. The predicted molar refractivity (Wildman–Crippen MR) is 87.5 cm³/mol. The molecule has 0 radical (unpaired) electrons. The lowest BCUT2D eigenvalue weighted by atomic mass is 10.1. The SMILES string of the molecule is O=[N+]([O-])c1ccccc1S(=O)(=O)N1CCC(Oc2ncccn2)CC1. The highest BCUT2D eigenvalue weighted by molar-refractivity contribution is 7.89. The molecule has 1 saturated heterocycles. The second-order valence-corrected chi connectivity index (χ2v) is 7.38. The zero-order chi connectivity index (χ0) is 17.9. The monoisotopic (exact) mass is 364 g/mol. The summed E-state index contributed by atoms with van der Waals surface area (Å²) < 4.78 is 32.3. The van der Waals surface area contributed by atoms with Crippen molar-refractivity contribution >= 4 is 15.7 Å². The predicted octanol–water partition coefficient (Wildman–Crippen LogP) is 1.62. The van der Waals surface area contributed by atoms with Gasteiger partial charge in [0.05, 0.1) is 4.92 Å². The van der Waals surface area contributed by atoms with Crippen molar-refractivity contribution in [2.75, 3.05) is 13.1 Å². The molecule has 0 atom stereocenters. The van der Waals surface area contributed by atoms with E-state index < -0.39 is 20.6 Å². The topological polar surface area (TPSA) is 116 Å². The Kier molecular flexibility index (Phi) is 4.91. The van der Waals surface area contributed by atoms with Crippen molar-refractivity contribution in [3.8, 4) is 6.01 Å². The maximum Gasteiger partial charge on any atom is 0.316 e. The number of aromatic nitrogens is 2. The normalized spacial score (nSPS) is 16.5. The second-order valence-electron chi connectivity index (χ2n) is 5.48. The number of ether oxygens (including phenoxy) is 1. The summed E-state index contributed by atoms with van der Waals surface area (Å²) in [5.41, 5.74) is -0.418. The smallest absolute Gasteiger partial charge is 0.316 e. The van der Waals surface area contributed by atoms with Gasteiger partial charge in [-0.15, -0.1) is 0 Å². The summed E-state index contributed by atoms with van der Waals surface area (Å²) in [5, 5.41) is 11.1. The minimum atomic E-state index is -3.93. The van der Waals surface area contributed by atoms with Crippen LogP contribution in [0.25, 0.3) is 0 Å². The third kappa shape index (κ3) is 3.74. The van der Waals surface area contributed by atoms with E-state index in [0.29, 0.717) is 12.8 Å². The molecule has 2 heterocycles. The summed E-state index contributed by atoms with van der Waals surface area (Å²) >= 11 is 0. The molecule has 0 amide bonds. The number of nitrogens with zero attached hydrogens (tertiary/aromatic N) is 4. The molecular formula is C15H16N4O5S. The third-order valence-electron chi connectivity index (χ3n) is 3.89. The molecule has 0 bridgehead atoms. The molecule has 25 heavy (non-hydrogen) atoms. The zero-order valence-electron chi connectivity index (χ0n) is 13.2. The standard InChI is InChI=1S/C15H16N4O5S/c20-19(21)13-4-1-2-5-14(13)25(22,23)18-10-6-12(7-11-18)24-15-16-8-3-9-17-15/h1-5,8-9,12H,6-7,10-11H2. The van der Waals surface area contributed by atoms with E-state index >= 15 is 0 Å². The van der Waals surface area contributed by atoms with Gasteiger partial charge in [-0.2, -0.15) is 4.31 Å². The van der Waals surface area contributed by atoms with Crippen LogP contribution < -0.4 is 4.74 Å². The summed E-state index contributed by atoms with van der Waals surface area (Å²) in [6, 6.07) is 7.29. The maximum atomic E-state index is 12.7. The van der Waals surface area contributed by atoms with E-state index in [1.807, 2.05) is 0 Å². The van der Waals surface area contributed by atoms with Crippen LogP contribution in [0.2, 0.25) is 0 Å². The van der Waals surface area contributed by atoms with E-state index in [4.69, 9.17) is 4.74 Å². The number of hydrogen-bond acceptors (Lipinski definition) is 7. The van der Waals surface area contributed by atoms with Gasteiger partial charge in [0, 0.05) is 31.5 Å². The Balaban J connectivity index is 1.71. The van der Waals surface area contributed by atoms with Crippen molar-refractivity contribution in [3.63, 3.8) is 0 Å². The van der Waals surface area contributed by atoms with E-state index in [1.165, 1.54) is 28.6 Å². The van der Waals surface area contributed by atoms with Crippen LogP contribution in [0.3, 0.4) is 0 Å². The molecule has 3 rings (SSSR count). The fourth-order valence-corrected chi connectivity index (χ4v) is 4.28. The number of benzene rings is 1. The number of hydrogen-bond donors (Lipinski definition) is 0. The largest absolute Gasteiger partial charge is 0.460 e. The highest BCUT2D eigenvalue weighted by atomic mass is 32.2. The Hall–Kier alpha value is -2.59. The number of nitro groups is 1. The molecular weight excluding hydrogens is 348 g/mol. The van der Waals surface area contributed by atoms with Gasteiger partial charge >= 0.3 is 6.01 Å². The summed E-state index contributed by atoms with van der Waals surface area (Å²) in [4.78, 5) is 18.1. The Morgan fingerprint density at radius 2 is 1.76 bits per heavy atom. The lowest BCUT2D eigenvalue weighted by molar-refractivity contribution is -0.387. The van der Waals surface area contributed by atoms with Crippen LogP contribution in [0.1, 0.15) is 12.8 Å². The van der Waals surface area contributed by atoms with E-state index in [0.717, 1.165) is 0 Å². The third-order valence-corrected chi connectivity index (χ3v) is 5.84. The highest BCUT2D eigenvalue weighted by Gasteiger charge is 2.34. The van der Waals surface area contributed by atoms with Crippen LogP contribution in [-0.2, 0) is 10.0 Å². The summed E-state index contributed by atoms with van der Waals surface area (Å²) in [5.74, 6) is 0. The highest BCUT2D eigenvalue weighted by Crippen LogP contribution is 2.28. The minimum absolute atomic E-state index is 0.195. The molecule has 0 unspecified atom stereocenters. The Bertz CT molecular complexity index is 851. The van der Waals surface area contributed by atoms with Gasteiger partial charge in [-0.1, -0.05) is 12.1 Å². The molecule has 10 heteroatoms. The molecule has 1 aromatic heterocycles. The number of sulfonamides is 1. The van der Waals surface area contributed by atoms with Crippen LogP contribution in [0, 0.1) is 10.1 Å². The fourth-order valence-electron chi connectivity index (χ4n) is 2.65. The Labute approximate surface area is 144 Å². The Morgan fingerprint density at radius 3 is 2.40 bits per heavy atom. The number of piperidine rings is 1. The lowest BCUT2D eigenvalue weighted by Crippen LogP contribution is -2.42. The van der Waals surface area contributed by atoms with Crippen molar-refractivity contribution in [1.29, 1.82) is 0 Å². The van der Waals surface area contributed by atoms with Crippen LogP contribution in [0.4, 0.5) is 5.69 Å². The van der Waals surface area contributed by atoms with Crippen molar-refractivity contribution < 1.29 is 18.1 Å². The Morgan fingerprint density at radius 1 is 1.12 bits per heavy atom. The second kappa shape index (κ2) is 7.11. The van der Waals surface area contributed by atoms with Crippen LogP contribution >= 0.6 is 0 Å². The summed E-state index contributed by atoms with van der Waals surface area (Å²) in [6.45, 7) is 0.428. The van der Waals surface area contributed by atoms with Crippen molar-refractivity contribution in [2.45, 2.75) is 23.8 Å². The first kappa shape index (κ1) is 17.2. The molecule has 1 aromatic carbocycles. The maximum absolute atomic E-state index is 12.7. The van der Waals surface area contributed by atoms with Crippen LogP contribution in [0.15, 0.2) is 47.6 Å². The first-order chi connectivity index (χ1) is 12.0. The molecule has 1 aliphatic rings. The fraction of sp³-hybridized carbons (Fsp3) is 0.333. The number of para-hydroxylation sites is 1. The van der Waals surface area contributed by atoms with Gasteiger partial charge in [0.1, 0.15) is 6.10 Å². The first-order valence-electron chi connectivity index (χ1n) is 7.66. The molecule has 132 valence electrons. The average molecular weight is 364 g/mol. The van der Waals surface area contributed by atoms with Gasteiger partial charge in [0.2, 0.25) is 10.0 Å². The summed E-state index contributed by atoms with van der Waals surface area (Å²) in [6.07, 6.45) is 3.85. The van der Waals surface area contributed by atoms with Gasteiger partial charge < -0.3 is 4.74 Å². The van der Waals surface area contributed by atoms with Crippen LogP contribution in [-0.4, -0.2) is 46.8 Å². The molecule has 0 spiro atoms. The van der Waals surface area contributed by atoms with Gasteiger partial charge in [-0.05, 0) is 25.0 Å². The van der Waals surface area contributed by atoms with Crippen molar-refractivity contribution in [1.82, 2.24) is 14.3 Å². The first-order valence-corrected chi connectivity index (χ1v) is 9.10. The molecule has 0 N–H and O–H groups in total. The van der Waals surface area contributed by atoms with Gasteiger partial charge in [-0.25, -0.2) is 18.4 Å². The molecule has 1 fully saturated rings. The number of nitro benzene ring substituents is 1. The van der Waals surface area contributed by atoms with Gasteiger partial charge in [0.15, 0.2) is 4.90 Å². The van der Waals surface area contributed by atoms with Gasteiger partial charge in [0.25, 0.3) is 5.69 Å². The van der Waals surface area contributed by atoms with E-state index in [9.17, 15) is 18.5 Å². The van der Waals surface area contributed by atoms with Crippen molar-refractivity contribution in [3.05, 3.63) is 52.8 Å². The zero-order valence-corrected chi connectivity index (χ0v) is 14.0. The summed E-state index contributed by atoms with van der Waals surface area (Å²) in [7, 11) is -3.93. The molecule has 9 nitrogen and oxygen atoms in total. The van der Waals surface area contributed by atoms with Gasteiger partial charge in [-0.3, -0.25) is 10.1 Å². The van der Waals surface area contributed by atoms with E-state index in [2.05, 4.69) is 9.97 Å². The van der Waals surface area contributed by atoms with E-state index in [-0.39, 0.29) is 30.1 Å². The lowest BCUT2D eigenvalue weighted by Gasteiger charge is -2.30. The minimum Gasteiger partial charge on any atom is -0.460 e. The molecule has 0 aliphatic carbocycles. The average Bonchev–Trinajstić information content (AvgIpc) is 2.63. The van der Waals surface area contributed by atoms with Crippen molar-refractivity contribution in [2.24, 2.45) is 0 Å². The quantitative estimate of drug-likeness (QED) is 0.584. The number of rotatable bonds is 5. The molecule has 2 aromatic rings. The molecule has 0 saturated carbocycles. The van der Waals surface area contributed by atoms with Crippen LogP contribution in [0.5, 0.6) is 6.01 Å². The van der Waals surface area contributed by atoms with E-state index in [1.54, 1.807) is 18.5 Å².